The first-order chi connectivity index (χ1) is 18.7. The van der Waals surface area contributed by atoms with Crippen LogP contribution in [0.1, 0.15) is 135 Å². The van der Waals surface area contributed by atoms with Crippen LogP contribution in [0.4, 0.5) is 4.79 Å². The van der Waals surface area contributed by atoms with E-state index in [2.05, 4.69) is 40.5 Å². The van der Waals surface area contributed by atoms with Gasteiger partial charge in [0.15, 0.2) is 6.20 Å². The SMILES string of the molecule is C=C(COCCCCCC[n+]1ccsc1)COC(=O)NCCCCCCCCCCCCCCCCCC. The lowest BCUT2D eigenvalue weighted by atomic mass is 10.0. The number of aryl methyl sites for hydroxylation is 1. The van der Waals surface area contributed by atoms with E-state index < -0.39 is 0 Å². The van der Waals surface area contributed by atoms with Crippen LogP contribution in [-0.2, 0) is 16.0 Å². The highest BCUT2D eigenvalue weighted by molar-refractivity contribution is 7.07. The smallest absolute Gasteiger partial charge is 0.407 e. The summed E-state index contributed by atoms with van der Waals surface area (Å²) in [5, 5.41) is 4.96. The molecule has 1 N–H and O–H groups in total. The molecule has 0 atom stereocenters. The molecular formula is C32H59N2O3S+. The Kier molecular flexibility index (Phi) is 24.8. The molecule has 0 aliphatic heterocycles. The van der Waals surface area contributed by atoms with Gasteiger partial charge in [-0.25, -0.2) is 4.79 Å². The number of rotatable bonds is 28. The fourth-order valence-corrected chi connectivity index (χ4v) is 5.21. The van der Waals surface area contributed by atoms with E-state index in [1.807, 2.05) is 0 Å². The number of hydrogen-bond acceptors (Lipinski definition) is 4. The van der Waals surface area contributed by atoms with E-state index in [0.717, 1.165) is 31.6 Å². The van der Waals surface area contributed by atoms with E-state index in [1.54, 1.807) is 11.3 Å². The quantitative estimate of drug-likeness (QED) is 0.0641. The molecule has 1 rings (SSSR count). The van der Waals surface area contributed by atoms with E-state index in [-0.39, 0.29) is 12.7 Å². The molecule has 0 saturated carbocycles. The summed E-state index contributed by atoms with van der Waals surface area (Å²) in [6.07, 6.45) is 28.1. The summed E-state index contributed by atoms with van der Waals surface area (Å²) in [6.45, 7) is 9.43. The van der Waals surface area contributed by atoms with Gasteiger partial charge in [0.05, 0.1) is 12.0 Å². The maximum Gasteiger partial charge on any atom is 0.407 e. The first kappa shape index (κ1) is 34.6. The Morgan fingerprint density at radius 2 is 1.32 bits per heavy atom. The van der Waals surface area contributed by atoms with Crippen LogP contribution in [0.2, 0.25) is 0 Å². The maximum absolute atomic E-state index is 11.9. The molecular weight excluding hydrogens is 492 g/mol. The zero-order valence-corrected chi connectivity index (χ0v) is 25.5. The molecule has 1 heterocycles. The van der Waals surface area contributed by atoms with E-state index in [1.165, 1.54) is 116 Å². The summed E-state index contributed by atoms with van der Waals surface area (Å²) in [5.41, 5.74) is 2.95. The molecule has 38 heavy (non-hydrogen) atoms. The third-order valence-corrected chi connectivity index (χ3v) is 7.67. The predicted octanol–water partition coefficient (Wildman–Crippen LogP) is 9.16. The molecule has 5 nitrogen and oxygen atoms in total. The Bertz CT molecular complexity index is 651. The number of aromatic nitrogens is 1. The number of nitrogens with zero attached hydrogens (tertiary/aromatic N) is 1. The normalized spacial score (nSPS) is 11.1. The lowest BCUT2D eigenvalue weighted by Gasteiger charge is -2.09. The van der Waals surface area contributed by atoms with Crippen molar-refractivity contribution < 1.29 is 18.8 Å². The van der Waals surface area contributed by atoms with E-state index in [4.69, 9.17) is 9.47 Å². The third-order valence-electron chi connectivity index (χ3n) is 7.00. The number of thiazole rings is 1. The molecule has 0 aliphatic carbocycles. The van der Waals surface area contributed by atoms with Crippen LogP contribution in [0.25, 0.3) is 0 Å². The van der Waals surface area contributed by atoms with Gasteiger partial charge in [0.2, 0.25) is 5.51 Å². The van der Waals surface area contributed by atoms with Crippen molar-refractivity contribution in [2.24, 2.45) is 0 Å². The molecule has 0 radical (unpaired) electrons. The van der Waals surface area contributed by atoms with Gasteiger partial charge >= 0.3 is 6.09 Å². The summed E-state index contributed by atoms with van der Waals surface area (Å²) in [5.74, 6) is 0. The Hall–Kier alpha value is -1.40. The van der Waals surface area contributed by atoms with Crippen molar-refractivity contribution in [1.82, 2.24) is 5.32 Å². The summed E-state index contributed by atoms with van der Waals surface area (Å²) in [6, 6.07) is 0. The van der Waals surface area contributed by atoms with Crippen molar-refractivity contribution in [3.8, 4) is 0 Å². The zero-order chi connectivity index (χ0) is 27.4. The Labute approximate surface area is 238 Å². The molecule has 0 unspecified atom stereocenters. The van der Waals surface area contributed by atoms with Crippen LogP contribution >= 0.6 is 11.3 Å². The Morgan fingerprint density at radius 3 is 1.89 bits per heavy atom. The van der Waals surface area contributed by atoms with Crippen LogP contribution in [0.5, 0.6) is 0 Å². The van der Waals surface area contributed by atoms with E-state index >= 15 is 0 Å². The van der Waals surface area contributed by atoms with Crippen molar-refractivity contribution in [2.45, 2.75) is 142 Å². The molecule has 0 bridgehead atoms. The number of carbonyl (C=O) groups excluding carboxylic acids is 1. The summed E-state index contributed by atoms with van der Waals surface area (Å²) in [7, 11) is 0. The highest BCUT2D eigenvalue weighted by Crippen LogP contribution is 2.13. The number of hydrogen-bond donors (Lipinski definition) is 1. The van der Waals surface area contributed by atoms with Gasteiger partial charge in [0, 0.05) is 19.6 Å². The Morgan fingerprint density at radius 1 is 0.763 bits per heavy atom. The monoisotopic (exact) mass is 551 g/mol. The molecule has 0 spiro atoms. The minimum absolute atomic E-state index is 0.225. The van der Waals surface area contributed by atoms with Gasteiger partial charge in [0.25, 0.3) is 0 Å². The second-order valence-corrected chi connectivity index (χ2v) is 11.5. The fraction of sp³-hybridized carbons (Fsp3) is 0.812. The number of nitrogens with one attached hydrogen (secondary N) is 1. The van der Waals surface area contributed by atoms with Crippen LogP contribution in [0.3, 0.4) is 0 Å². The van der Waals surface area contributed by atoms with Gasteiger partial charge in [-0.15, -0.1) is 0 Å². The average molecular weight is 552 g/mol. The summed E-state index contributed by atoms with van der Waals surface area (Å²) in [4.78, 5) is 11.9. The number of amides is 1. The van der Waals surface area contributed by atoms with Crippen molar-refractivity contribution in [2.75, 3.05) is 26.4 Å². The lowest BCUT2D eigenvalue weighted by Crippen LogP contribution is -2.29. The second kappa shape index (κ2) is 27.2. The topological polar surface area (TPSA) is 51.4 Å². The number of ether oxygens (including phenoxy) is 2. The van der Waals surface area contributed by atoms with Crippen molar-refractivity contribution in [3.63, 3.8) is 0 Å². The molecule has 0 aliphatic rings. The molecule has 0 aromatic carbocycles. The van der Waals surface area contributed by atoms with Gasteiger partial charge in [-0.1, -0.05) is 128 Å². The first-order valence-corrected chi connectivity index (χ1v) is 16.7. The largest absolute Gasteiger partial charge is 0.445 e. The Balaban J connectivity index is 1.74. The van der Waals surface area contributed by atoms with Crippen LogP contribution in [-0.4, -0.2) is 32.5 Å². The average Bonchev–Trinajstić information content (AvgIpc) is 3.44. The van der Waals surface area contributed by atoms with Gasteiger partial charge in [-0.2, -0.15) is 4.57 Å². The van der Waals surface area contributed by atoms with Crippen molar-refractivity contribution >= 4 is 17.4 Å². The van der Waals surface area contributed by atoms with E-state index in [9.17, 15) is 4.79 Å². The first-order valence-electron chi connectivity index (χ1n) is 15.8. The van der Waals surface area contributed by atoms with Crippen molar-refractivity contribution in [1.29, 1.82) is 0 Å². The molecule has 1 amide bonds. The lowest BCUT2D eigenvalue weighted by molar-refractivity contribution is -0.692. The van der Waals surface area contributed by atoms with Gasteiger partial charge in [0.1, 0.15) is 13.2 Å². The van der Waals surface area contributed by atoms with E-state index in [0.29, 0.717) is 13.2 Å². The summed E-state index contributed by atoms with van der Waals surface area (Å²) >= 11 is 1.73. The number of unbranched alkanes of at least 4 members (excludes halogenated alkanes) is 18. The fourth-order valence-electron chi connectivity index (χ4n) is 4.58. The van der Waals surface area contributed by atoms with Gasteiger partial charge < -0.3 is 14.8 Å². The molecule has 6 heteroatoms. The molecule has 0 fully saturated rings. The summed E-state index contributed by atoms with van der Waals surface area (Å²) < 4.78 is 13.1. The van der Waals surface area contributed by atoms with Crippen LogP contribution in [0, 0.1) is 0 Å². The number of carbonyl (C=O) groups is 1. The molecule has 1 aromatic heterocycles. The molecule has 220 valence electrons. The van der Waals surface area contributed by atoms with Crippen LogP contribution < -0.4 is 9.88 Å². The number of alkyl carbamates (subject to hydrolysis) is 1. The van der Waals surface area contributed by atoms with Gasteiger partial charge in [-0.05, 0) is 24.8 Å². The minimum atomic E-state index is -0.351. The third kappa shape index (κ3) is 23.7. The van der Waals surface area contributed by atoms with Crippen LogP contribution in [0.15, 0.2) is 29.2 Å². The highest BCUT2D eigenvalue weighted by Gasteiger charge is 2.04. The molecule has 0 saturated heterocycles. The second-order valence-electron chi connectivity index (χ2n) is 10.8. The maximum atomic E-state index is 11.9. The predicted molar refractivity (Wildman–Crippen MR) is 162 cm³/mol. The van der Waals surface area contributed by atoms with Gasteiger partial charge in [-0.3, -0.25) is 0 Å². The highest BCUT2D eigenvalue weighted by atomic mass is 32.1. The minimum Gasteiger partial charge on any atom is -0.445 e. The zero-order valence-electron chi connectivity index (χ0n) is 24.7. The standard InChI is InChI=1S/C32H58N2O3S/c1-3-4-5-6-7-8-9-10-11-12-13-14-15-16-17-20-23-33-32(35)37-29-31(2)28-36-26-22-19-18-21-24-34-25-27-38-30-34/h25,27,30H,2-24,26,28-29H2,1H3/p+1. The molecule has 1 aromatic rings. The van der Waals surface area contributed by atoms with Crippen molar-refractivity contribution in [3.05, 3.63) is 29.2 Å².